The van der Waals surface area contributed by atoms with E-state index in [0.717, 1.165) is 12.0 Å². The molecule has 62 heavy (non-hydrogen) atoms. The Bertz CT molecular complexity index is 2510. The molecule has 5 atom stereocenters. The molecule has 326 valence electrons. The van der Waals surface area contributed by atoms with Crippen LogP contribution in [0.1, 0.15) is 71.8 Å². The third-order valence-electron chi connectivity index (χ3n) is 11.4. The highest BCUT2D eigenvalue weighted by Crippen LogP contribution is 2.46. The highest BCUT2D eigenvalue weighted by atomic mass is 32.2. The zero-order chi connectivity index (χ0) is 44.2. The molecule has 0 spiro atoms. The molecule has 2 unspecified atom stereocenters. The van der Waals surface area contributed by atoms with Crippen molar-refractivity contribution in [3.8, 4) is 28.0 Å². The zero-order valence-electron chi connectivity index (χ0n) is 35.2. The normalized spacial score (nSPS) is 23.6. The van der Waals surface area contributed by atoms with Gasteiger partial charge < -0.3 is 25.0 Å². The van der Waals surface area contributed by atoms with E-state index in [1.165, 1.54) is 41.0 Å². The Morgan fingerprint density at radius 3 is 2.24 bits per heavy atom. The Morgan fingerprint density at radius 1 is 0.903 bits per heavy atom. The van der Waals surface area contributed by atoms with Gasteiger partial charge in [0.05, 0.1) is 29.8 Å². The van der Waals surface area contributed by atoms with Gasteiger partial charge >= 0.3 is 6.09 Å². The lowest BCUT2D eigenvalue weighted by molar-refractivity contribution is -0.141. The van der Waals surface area contributed by atoms with Gasteiger partial charge in [0, 0.05) is 24.4 Å². The fourth-order valence-electron chi connectivity index (χ4n) is 8.20. The Balaban J connectivity index is 1.26. The third-order valence-corrected chi connectivity index (χ3v) is 12.8. The van der Waals surface area contributed by atoms with E-state index >= 15 is 0 Å². The molecule has 4 amide bonds. The molecule has 3 N–H and O–H groups in total. The van der Waals surface area contributed by atoms with E-state index in [-0.39, 0.29) is 30.7 Å². The van der Waals surface area contributed by atoms with Crippen molar-refractivity contribution >= 4 is 33.8 Å². The maximum absolute atomic E-state index is 14.8. The summed E-state index contributed by atoms with van der Waals surface area (Å²) in [6, 6.07) is 20.9. The van der Waals surface area contributed by atoms with E-state index in [2.05, 4.69) is 20.5 Å². The number of carbonyl (C=O) groups is 4. The molecule has 3 aromatic carbocycles. The first-order chi connectivity index (χ1) is 29.6. The monoisotopic (exact) mass is 864 g/mol. The lowest BCUT2D eigenvalue weighted by Crippen LogP contribution is -2.58. The maximum Gasteiger partial charge on any atom is 0.408 e. The van der Waals surface area contributed by atoms with Crippen LogP contribution in [-0.4, -0.2) is 83.8 Å². The summed E-state index contributed by atoms with van der Waals surface area (Å²) < 4.78 is 41.1. The summed E-state index contributed by atoms with van der Waals surface area (Å²) in [5.74, 6) is -2.35. The van der Waals surface area contributed by atoms with Gasteiger partial charge in [-0.3, -0.25) is 19.2 Å². The van der Waals surface area contributed by atoms with E-state index in [9.17, 15) is 32.4 Å². The summed E-state index contributed by atoms with van der Waals surface area (Å²) in [6.07, 6.45) is 7.44. The Hall–Kier alpha value is -6.29. The number of fused-ring (bicyclic) bond motifs is 2. The van der Waals surface area contributed by atoms with Gasteiger partial charge in [-0.2, -0.15) is 5.10 Å². The number of carbonyl (C=O) groups excluding carboxylic acids is 4. The third kappa shape index (κ3) is 9.59. The molecule has 4 aromatic rings. The lowest BCUT2D eigenvalue weighted by atomic mass is 9.97. The van der Waals surface area contributed by atoms with Crippen LogP contribution in [-0.2, 0) is 29.1 Å². The molecule has 2 fully saturated rings. The van der Waals surface area contributed by atoms with Crippen LogP contribution in [0.25, 0.3) is 22.3 Å². The molecule has 0 radical (unpaired) electrons. The van der Waals surface area contributed by atoms with Crippen LogP contribution in [0.15, 0.2) is 113 Å². The Labute approximate surface area is 360 Å². The molecule has 0 bridgehead atoms. The number of alkyl carbamates (subject to hydrolysis) is 1. The molecule has 3 aliphatic rings. The van der Waals surface area contributed by atoms with Crippen LogP contribution in [0.2, 0.25) is 0 Å². The topological polar surface area (TPSA) is 195 Å². The largest absolute Gasteiger partial charge is 0.497 e. The van der Waals surface area contributed by atoms with Crippen molar-refractivity contribution in [2.75, 3.05) is 13.7 Å². The van der Waals surface area contributed by atoms with Crippen molar-refractivity contribution in [1.29, 1.82) is 0 Å². The number of nitrogens with zero attached hydrogens (tertiary/aromatic N) is 3. The highest BCUT2D eigenvalue weighted by Gasteiger charge is 2.61. The minimum Gasteiger partial charge on any atom is -0.497 e. The van der Waals surface area contributed by atoms with Crippen LogP contribution in [0.3, 0.4) is 0 Å². The van der Waals surface area contributed by atoms with E-state index in [0.29, 0.717) is 41.7 Å². The molecule has 1 aromatic heterocycles. The molecule has 3 heterocycles. The molecule has 16 heteroatoms. The van der Waals surface area contributed by atoms with E-state index < -0.39 is 74.6 Å². The van der Waals surface area contributed by atoms with Gasteiger partial charge in [0.25, 0.3) is 21.5 Å². The number of rotatable bonds is 8. The average molecular weight is 865 g/mol. The van der Waals surface area contributed by atoms with Crippen molar-refractivity contribution < 1.29 is 37.1 Å². The summed E-state index contributed by atoms with van der Waals surface area (Å²) in [5.41, 5.74) is -0.537. The van der Waals surface area contributed by atoms with Crippen molar-refractivity contribution in [3.05, 3.63) is 114 Å². The SMILES string of the molecule is COc1ccc(S(=O)(=O)NC(=O)C23C[C@H]2/C=C\CCCCC[C@H](NC(=O)OC(C)(C)C)C(=O)N2CC(n4ncc(-c5ccccc5)c(-c5ccccc5)c4=O)C[C@H]2C(=O)N3)cc1. The van der Waals surface area contributed by atoms with Gasteiger partial charge in [-0.25, -0.2) is 22.6 Å². The number of aromatic nitrogens is 2. The Kier molecular flexibility index (Phi) is 12.7. The fourth-order valence-corrected chi connectivity index (χ4v) is 9.24. The predicted octanol–water partition coefficient (Wildman–Crippen LogP) is 5.52. The lowest BCUT2D eigenvalue weighted by Gasteiger charge is -2.30. The second-order valence-electron chi connectivity index (χ2n) is 17.0. The summed E-state index contributed by atoms with van der Waals surface area (Å²) >= 11 is 0. The second-order valence-corrected chi connectivity index (χ2v) is 18.6. The summed E-state index contributed by atoms with van der Waals surface area (Å²) in [5, 5.41) is 10.2. The number of nitrogens with one attached hydrogen (secondary N) is 3. The quantitative estimate of drug-likeness (QED) is 0.190. The van der Waals surface area contributed by atoms with Gasteiger partial charge in [-0.15, -0.1) is 0 Å². The molecule has 1 saturated carbocycles. The van der Waals surface area contributed by atoms with Gasteiger partial charge in [0.1, 0.15) is 29.0 Å². The van der Waals surface area contributed by atoms with Crippen LogP contribution in [0, 0.1) is 5.92 Å². The number of hydrogen-bond donors (Lipinski definition) is 3. The predicted molar refractivity (Wildman–Crippen MR) is 231 cm³/mol. The summed E-state index contributed by atoms with van der Waals surface area (Å²) in [7, 11) is -2.94. The number of allylic oxidation sites excluding steroid dienone is 1. The van der Waals surface area contributed by atoms with E-state index in [1.54, 1.807) is 27.0 Å². The first-order valence-corrected chi connectivity index (χ1v) is 22.3. The highest BCUT2D eigenvalue weighted by molar-refractivity contribution is 7.90. The molecule has 7 rings (SSSR count). The molecule has 1 aliphatic carbocycles. The van der Waals surface area contributed by atoms with Crippen LogP contribution >= 0.6 is 0 Å². The standard InChI is InChI=1S/C46H52N6O9S/c1-45(2,3)61-44(57)48-37-21-15-7-5-6-14-20-32-27-46(32,43(56)50-62(58,59)35-24-22-34(60-4)23-25-35)49-40(53)38-26-33(29-51(38)41(37)54)52-42(55)39(31-18-12-9-13-19-31)36(28-47-52)30-16-10-8-11-17-30/h8-14,16-20,22-25,28,32-33,37-38H,5-7,15,21,26-27,29H2,1-4H3,(H,48,57)(H,49,53)(H,50,56)/b20-14-/t32-,33?,37+,38+,46?/m1/s1. The van der Waals surface area contributed by atoms with Crippen molar-refractivity contribution in [3.63, 3.8) is 0 Å². The van der Waals surface area contributed by atoms with Crippen molar-refractivity contribution in [1.82, 2.24) is 30.0 Å². The van der Waals surface area contributed by atoms with E-state index in [4.69, 9.17) is 9.47 Å². The van der Waals surface area contributed by atoms with Crippen LogP contribution in [0.4, 0.5) is 4.79 Å². The van der Waals surface area contributed by atoms with Gasteiger partial charge in [-0.05, 0) is 81.8 Å². The fraction of sp³-hybridized carbons (Fsp3) is 0.391. The van der Waals surface area contributed by atoms with Gasteiger partial charge in [0.2, 0.25) is 11.8 Å². The second kappa shape index (κ2) is 18.0. The number of amides is 4. The molecular formula is C46H52N6O9S. The number of ether oxygens (including phenoxy) is 2. The first-order valence-electron chi connectivity index (χ1n) is 20.8. The number of sulfonamides is 1. The minimum absolute atomic E-state index is 0.0785. The molecule has 15 nitrogen and oxygen atoms in total. The van der Waals surface area contributed by atoms with Crippen molar-refractivity contribution in [2.45, 2.75) is 99.9 Å². The zero-order valence-corrected chi connectivity index (χ0v) is 36.0. The van der Waals surface area contributed by atoms with E-state index in [1.807, 2.05) is 72.8 Å². The van der Waals surface area contributed by atoms with Gasteiger partial charge in [-0.1, -0.05) is 85.7 Å². The van der Waals surface area contributed by atoms with Crippen LogP contribution < -0.4 is 25.7 Å². The smallest absolute Gasteiger partial charge is 0.408 e. The maximum atomic E-state index is 14.8. The molecular weight excluding hydrogens is 813 g/mol. The first kappa shape index (κ1) is 43.8. The molecule has 1 saturated heterocycles. The van der Waals surface area contributed by atoms with Gasteiger partial charge in [0.15, 0.2) is 0 Å². The average Bonchev–Trinajstić information content (AvgIpc) is 3.76. The van der Waals surface area contributed by atoms with Crippen molar-refractivity contribution in [2.24, 2.45) is 5.92 Å². The summed E-state index contributed by atoms with van der Waals surface area (Å²) in [4.78, 5) is 72.7. The molecule has 2 aliphatic heterocycles. The number of benzene rings is 3. The Morgan fingerprint density at radius 2 is 1.58 bits per heavy atom. The number of methoxy groups -OCH3 is 1. The summed E-state index contributed by atoms with van der Waals surface area (Å²) in [6.45, 7) is 4.99. The minimum atomic E-state index is -4.38. The van der Waals surface area contributed by atoms with Crippen LogP contribution in [0.5, 0.6) is 5.75 Å². The number of hydrogen-bond acceptors (Lipinski definition) is 10.